The molecule has 1 aliphatic rings. The van der Waals surface area contributed by atoms with Crippen LogP contribution in [0.3, 0.4) is 0 Å². The fourth-order valence-corrected chi connectivity index (χ4v) is 2.90. The lowest BCUT2D eigenvalue weighted by Crippen LogP contribution is -2.33. The van der Waals surface area contributed by atoms with Crippen molar-refractivity contribution in [2.45, 2.75) is 23.1 Å². The highest BCUT2D eigenvalue weighted by molar-refractivity contribution is 7.85. The molecule has 1 aliphatic heterocycles. The van der Waals surface area contributed by atoms with Crippen LogP contribution in [0.1, 0.15) is 12.8 Å². The number of rotatable bonds is 2. The smallest absolute Gasteiger partial charge is 0.145 e. The van der Waals surface area contributed by atoms with Crippen LogP contribution in [-0.4, -0.2) is 32.5 Å². The molecule has 1 aromatic rings. The first-order valence-corrected chi connectivity index (χ1v) is 5.96. The van der Waals surface area contributed by atoms with Crippen LogP contribution in [0.2, 0.25) is 0 Å². The first-order chi connectivity index (χ1) is 6.88. The summed E-state index contributed by atoms with van der Waals surface area (Å²) in [7, 11) is -0.983. The van der Waals surface area contributed by atoms with E-state index in [1.807, 2.05) is 0 Å². The molecule has 0 amide bonds. The Kier molecular flexibility index (Phi) is 3.21. The highest BCUT2D eigenvalue weighted by Crippen LogP contribution is 2.15. The third-order valence-corrected chi connectivity index (χ3v) is 4.03. The normalized spacial score (nSPS) is 20.6. The molecule has 1 atom stereocenters. The van der Waals surface area contributed by atoms with Gasteiger partial charge in [-0.2, -0.15) is 0 Å². The number of hydrogen-bond acceptors (Lipinski definition) is 4. The minimum atomic E-state index is -0.983. The van der Waals surface area contributed by atoms with E-state index in [0.717, 1.165) is 25.9 Å². The fourth-order valence-electron chi connectivity index (χ4n) is 1.57. The highest BCUT2D eigenvalue weighted by atomic mass is 32.2. The Balaban J connectivity index is 2.07. The van der Waals surface area contributed by atoms with Crippen molar-refractivity contribution in [2.24, 2.45) is 0 Å². The molecule has 1 unspecified atom stereocenters. The van der Waals surface area contributed by atoms with Gasteiger partial charge in [0.1, 0.15) is 5.03 Å². The summed E-state index contributed by atoms with van der Waals surface area (Å²) in [4.78, 5) is 8.00. The Labute approximate surface area is 85.6 Å². The van der Waals surface area contributed by atoms with E-state index in [1.165, 1.54) is 0 Å². The van der Waals surface area contributed by atoms with Crippen LogP contribution < -0.4 is 5.32 Å². The molecule has 1 saturated heterocycles. The van der Waals surface area contributed by atoms with E-state index in [-0.39, 0.29) is 5.25 Å². The van der Waals surface area contributed by atoms with Crippen LogP contribution in [0, 0.1) is 0 Å². The lowest BCUT2D eigenvalue weighted by Gasteiger charge is -2.21. The van der Waals surface area contributed by atoms with Gasteiger partial charge in [-0.15, -0.1) is 0 Å². The second-order valence-electron chi connectivity index (χ2n) is 3.29. The SMILES string of the molecule is O=S(c1cnccn1)C1CCNCC1. The van der Waals surface area contributed by atoms with Crippen LogP contribution in [0.25, 0.3) is 0 Å². The minimum absolute atomic E-state index is 0.243. The topological polar surface area (TPSA) is 54.9 Å². The zero-order valence-electron chi connectivity index (χ0n) is 7.85. The Morgan fingerprint density at radius 1 is 1.36 bits per heavy atom. The molecular formula is C9H13N3OS. The molecular weight excluding hydrogens is 198 g/mol. The van der Waals surface area contributed by atoms with E-state index in [4.69, 9.17) is 0 Å². The van der Waals surface area contributed by atoms with Crippen LogP contribution in [0.5, 0.6) is 0 Å². The van der Waals surface area contributed by atoms with Crippen molar-refractivity contribution in [2.75, 3.05) is 13.1 Å². The fraction of sp³-hybridized carbons (Fsp3) is 0.556. The van der Waals surface area contributed by atoms with Gasteiger partial charge in [0.25, 0.3) is 0 Å². The van der Waals surface area contributed by atoms with Crippen LogP contribution in [-0.2, 0) is 10.8 Å². The van der Waals surface area contributed by atoms with Gasteiger partial charge in [0.05, 0.1) is 17.0 Å². The summed E-state index contributed by atoms with van der Waals surface area (Å²) in [6.07, 6.45) is 6.71. The summed E-state index contributed by atoms with van der Waals surface area (Å²) < 4.78 is 12.0. The van der Waals surface area contributed by atoms with Crippen molar-refractivity contribution < 1.29 is 4.21 Å². The molecule has 4 nitrogen and oxygen atoms in total. The Morgan fingerprint density at radius 2 is 2.14 bits per heavy atom. The third-order valence-electron chi connectivity index (χ3n) is 2.33. The van der Waals surface area contributed by atoms with Crippen LogP contribution in [0.4, 0.5) is 0 Å². The summed E-state index contributed by atoms with van der Waals surface area (Å²) in [5.41, 5.74) is 0. The Morgan fingerprint density at radius 3 is 2.79 bits per heavy atom. The van der Waals surface area contributed by atoms with E-state index in [0.29, 0.717) is 5.03 Å². The number of nitrogens with one attached hydrogen (secondary N) is 1. The Bertz CT molecular complexity index is 311. The van der Waals surface area contributed by atoms with Gasteiger partial charge in [-0.3, -0.25) is 9.19 Å². The van der Waals surface area contributed by atoms with E-state index < -0.39 is 10.8 Å². The first kappa shape index (κ1) is 9.73. The molecule has 2 rings (SSSR count). The average Bonchev–Trinajstić information content (AvgIpc) is 2.30. The average molecular weight is 211 g/mol. The maximum absolute atomic E-state index is 12.0. The predicted octanol–water partition coefficient (Wildman–Crippen LogP) is 0.336. The van der Waals surface area contributed by atoms with Crippen molar-refractivity contribution in [1.82, 2.24) is 15.3 Å². The van der Waals surface area contributed by atoms with Crippen molar-refractivity contribution in [3.05, 3.63) is 18.6 Å². The third kappa shape index (κ3) is 2.16. The van der Waals surface area contributed by atoms with E-state index in [9.17, 15) is 4.21 Å². The molecule has 0 saturated carbocycles. The van der Waals surface area contributed by atoms with Crippen LogP contribution in [0.15, 0.2) is 23.6 Å². The maximum atomic E-state index is 12.0. The van der Waals surface area contributed by atoms with Gasteiger partial charge in [0.2, 0.25) is 0 Å². The van der Waals surface area contributed by atoms with Crippen LogP contribution >= 0.6 is 0 Å². The summed E-state index contributed by atoms with van der Waals surface area (Å²) >= 11 is 0. The molecule has 1 aromatic heterocycles. The molecule has 14 heavy (non-hydrogen) atoms. The minimum Gasteiger partial charge on any atom is -0.317 e. The summed E-state index contributed by atoms with van der Waals surface area (Å²) in [6, 6.07) is 0. The molecule has 5 heteroatoms. The molecule has 0 spiro atoms. The second kappa shape index (κ2) is 4.61. The van der Waals surface area contributed by atoms with Gasteiger partial charge in [-0.1, -0.05) is 0 Å². The second-order valence-corrected chi connectivity index (χ2v) is 4.97. The predicted molar refractivity (Wildman–Crippen MR) is 54.3 cm³/mol. The molecule has 0 aromatic carbocycles. The molecule has 2 heterocycles. The molecule has 1 fully saturated rings. The van der Waals surface area contributed by atoms with Crippen molar-refractivity contribution in [3.8, 4) is 0 Å². The number of nitrogens with zero attached hydrogens (tertiary/aromatic N) is 2. The number of aromatic nitrogens is 2. The zero-order chi connectivity index (χ0) is 9.80. The lowest BCUT2D eigenvalue weighted by molar-refractivity contribution is 0.518. The van der Waals surface area contributed by atoms with Gasteiger partial charge in [0.15, 0.2) is 0 Å². The lowest BCUT2D eigenvalue weighted by atomic mass is 10.2. The number of hydrogen-bond donors (Lipinski definition) is 1. The van der Waals surface area contributed by atoms with Gasteiger partial charge in [0, 0.05) is 17.6 Å². The monoisotopic (exact) mass is 211 g/mol. The molecule has 0 radical (unpaired) electrons. The van der Waals surface area contributed by atoms with E-state index in [2.05, 4.69) is 15.3 Å². The molecule has 76 valence electrons. The van der Waals surface area contributed by atoms with E-state index >= 15 is 0 Å². The standard InChI is InChI=1S/C9H13N3OS/c13-14(8-1-3-10-4-2-8)9-7-11-5-6-12-9/h5-8,10H,1-4H2. The maximum Gasteiger partial charge on any atom is 0.145 e. The number of piperidine rings is 1. The van der Waals surface area contributed by atoms with Gasteiger partial charge in [-0.25, -0.2) is 4.98 Å². The highest BCUT2D eigenvalue weighted by Gasteiger charge is 2.21. The van der Waals surface area contributed by atoms with Gasteiger partial charge in [-0.05, 0) is 25.9 Å². The molecule has 0 bridgehead atoms. The van der Waals surface area contributed by atoms with Gasteiger partial charge < -0.3 is 5.32 Å². The quantitative estimate of drug-likeness (QED) is 0.766. The van der Waals surface area contributed by atoms with Crippen molar-refractivity contribution in [3.63, 3.8) is 0 Å². The van der Waals surface area contributed by atoms with Crippen molar-refractivity contribution >= 4 is 10.8 Å². The van der Waals surface area contributed by atoms with Crippen molar-refractivity contribution in [1.29, 1.82) is 0 Å². The first-order valence-electron chi connectivity index (χ1n) is 4.75. The molecule has 1 N–H and O–H groups in total. The van der Waals surface area contributed by atoms with Gasteiger partial charge >= 0.3 is 0 Å². The Hall–Kier alpha value is -0.810. The molecule has 0 aliphatic carbocycles. The zero-order valence-corrected chi connectivity index (χ0v) is 8.67. The summed E-state index contributed by atoms with van der Waals surface area (Å²) in [6.45, 7) is 1.91. The summed E-state index contributed by atoms with van der Waals surface area (Å²) in [5, 5.41) is 4.10. The van der Waals surface area contributed by atoms with E-state index in [1.54, 1.807) is 18.6 Å². The summed E-state index contributed by atoms with van der Waals surface area (Å²) in [5.74, 6) is 0. The largest absolute Gasteiger partial charge is 0.317 e.